The van der Waals surface area contributed by atoms with Gasteiger partial charge >= 0.3 is 0 Å². The van der Waals surface area contributed by atoms with E-state index >= 15 is 0 Å². The van der Waals surface area contributed by atoms with E-state index in [0.717, 1.165) is 18.7 Å². The van der Waals surface area contributed by atoms with E-state index in [0.29, 0.717) is 31.1 Å². The first kappa shape index (κ1) is 20.1. The summed E-state index contributed by atoms with van der Waals surface area (Å²) in [6, 6.07) is 7.67. The molecule has 2 amide bonds. The minimum absolute atomic E-state index is 0.0378. The molecule has 27 heavy (non-hydrogen) atoms. The summed E-state index contributed by atoms with van der Waals surface area (Å²) >= 11 is 6.06. The second-order valence-corrected chi connectivity index (χ2v) is 7.94. The monoisotopic (exact) mass is 393 g/mol. The van der Waals surface area contributed by atoms with E-state index in [1.54, 1.807) is 0 Å². The topological polar surface area (TPSA) is 76.7 Å². The van der Waals surface area contributed by atoms with Gasteiger partial charge in [0.2, 0.25) is 11.8 Å². The predicted molar refractivity (Wildman–Crippen MR) is 105 cm³/mol. The Bertz CT molecular complexity index is 676. The molecule has 0 radical (unpaired) electrons. The average molecular weight is 394 g/mol. The van der Waals surface area contributed by atoms with E-state index in [-0.39, 0.29) is 29.9 Å². The van der Waals surface area contributed by atoms with Gasteiger partial charge in [0, 0.05) is 43.3 Å². The normalized spacial score (nSPS) is 23.6. The van der Waals surface area contributed by atoms with E-state index < -0.39 is 0 Å². The van der Waals surface area contributed by atoms with Crippen LogP contribution in [0.15, 0.2) is 24.3 Å². The molecule has 8 heteroatoms. The number of benzene rings is 1. The van der Waals surface area contributed by atoms with Gasteiger partial charge in [-0.15, -0.1) is 0 Å². The highest BCUT2D eigenvalue weighted by molar-refractivity contribution is 6.30. The minimum atomic E-state index is -0.246. The molecule has 0 aliphatic carbocycles. The maximum Gasteiger partial charge on any atom is 0.241 e. The van der Waals surface area contributed by atoms with Crippen LogP contribution in [0.2, 0.25) is 5.02 Å². The fourth-order valence-electron chi connectivity index (χ4n) is 3.58. The van der Waals surface area contributed by atoms with Crippen molar-refractivity contribution in [3.8, 4) is 0 Å². The van der Waals surface area contributed by atoms with Crippen molar-refractivity contribution in [3.63, 3.8) is 0 Å². The van der Waals surface area contributed by atoms with Gasteiger partial charge in [0.1, 0.15) is 6.04 Å². The van der Waals surface area contributed by atoms with Crippen LogP contribution in [0.3, 0.4) is 0 Å². The van der Waals surface area contributed by atoms with Crippen LogP contribution in [-0.2, 0) is 9.59 Å². The van der Waals surface area contributed by atoms with Crippen LogP contribution in [0.5, 0.6) is 0 Å². The molecule has 0 saturated carbocycles. The summed E-state index contributed by atoms with van der Waals surface area (Å²) in [5.74, 6) is 0.147. The first-order valence-corrected chi connectivity index (χ1v) is 9.87. The summed E-state index contributed by atoms with van der Waals surface area (Å²) in [4.78, 5) is 28.7. The summed E-state index contributed by atoms with van der Waals surface area (Å²) in [6.07, 6.45) is 0.691. The highest BCUT2D eigenvalue weighted by Crippen LogP contribution is 2.25. The van der Waals surface area contributed by atoms with Crippen LogP contribution in [0.25, 0.3) is 0 Å². The van der Waals surface area contributed by atoms with Gasteiger partial charge in [-0.05, 0) is 38.0 Å². The average Bonchev–Trinajstić information content (AvgIpc) is 3.11. The van der Waals surface area contributed by atoms with Gasteiger partial charge in [-0.3, -0.25) is 14.5 Å². The number of nitrogens with zero attached hydrogens (tertiary/aromatic N) is 2. The van der Waals surface area contributed by atoms with E-state index in [1.165, 1.54) is 0 Å². The number of carbonyl (C=O) groups excluding carboxylic acids is 2. The zero-order valence-corrected chi connectivity index (χ0v) is 16.6. The van der Waals surface area contributed by atoms with Crippen LogP contribution in [0, 0.1) is 0 Å². The molecule has 148 valence electrons. The summed E-state index contributed by atoms with van der Waals surface area (Å²) in [5.41, 5.74) is 7.40. The van der Waals surface area contributed by atoms with E-state index in [9.17, 15) is 9.59 Å². The zero-order chi connectivity index (χ0) is 19.4. The molecule has 2 saturated heterocycles. The quantitative estimate of drug-likeness (QED) is 0.693. The number of piperazine rings is 1. The standard InChI is InChI=1S/C19H28ClN5O2/c1-13(2)21-18(26)12-24-6-8-25(9-7-24)19(27)17-11-16(22-23-17)14-4-3-5-15(20)10-14/h3-5,10,13,16-17,22-23H,6-9,11-12H2,1-2H3,(H,21,26). The minimum Gasteiger partial charge on any atom is -0.353 e. The number of carbonyl (C=O) groups is 2. The number of rotatable bonds is 5. The fraction of sp³-hybridized carbons (Fsp3) is 0.579. The van der Waals surface area contributed by atoms with Gasteiger partial charge < -0.3 is 10.2 Å². The first-order chi connectivity index (χ1) is 12.9. The Morgan fingerprint density at radius 1 is 1.22 bits per heavy atom. The summed E-state index contributed by atoms with van der Waals surface area (Å²) in [6.45, 7) is 7.02. The van der Waals surface area contributed by atoms with Crippen molar-refractivity contribution in [3.05, 3.63) is 34.9 Å². The highest BCUT2D eigenvalue weighted by Gasteiger charge is 2.34. The molecule has 0 spiro atoms. The van der Waals surface area contributed by atoms with Crippen LogP contribution in [-0.4, -0.2) is 66.4 Å². The Labute approximate surface area is 165 Å². The molecular formula is C19H28ClN5O2. The smallest absolute Gasteiger partial charge is 0.241 e. The number of nitrogens with one attached hydrogen (secondary N) is 3. The van der Waals surface area contributed by atoms with Crippen molar-refractivity contribution in [1.82, 2.24) is 26.0 Å². The third-order valence-corrected chi connectivity index (χ3v) is 5.19. The lowest BCUT2D eigenvalue weighted by Crippen LogP contribution is -2.55. The van der Waals surface area contributed by atoms with Crippen LogP contribution in [0.4, 0.5) is 0 Å². The molecular weight excluding hydrogens is 366 g/mol. The molecule has 2 heterocycles. The molecule has 0 aromatic heterocycles. The second kappa shape index (κ2) is 9.01. The first-order valence-electron chi connectivity index (χ1n) is 9.49. The predicted octanol–water partition coefficient (Wildman–Crippen LogP) is 0.916. The number of hydrazine groups is 1. The molecule has 2 aliphatic rings. The van der Waals surface area contributed by atoms with Crippen molar-refractivity contribution < 1.29 is 9.59 Å². The molecule has 3 rings (SSSR count). The highest BCUT2D eigenvalue weighted by atomic mass is 35.5. The third kappa shape index (κ3) is 5.42. The Morgan fingerprint density at radius 3 is 2.63 bits per heavy atom. The second-order valence-electron chi connectivity index (χ2n) is 7.51. The molecule has 2 unspecified atom stereocenters. The summed E-state index contributed by atoms with van der Waals surface area (Å²) < 4.78 is 0. The molecule has 2 aliphatic heterocycles. The molecule has 7 nitrogen and oxygen atoms in total. The van der Waals surface area contributed by atoms with Crippen molar-refractivity contribution in [2.45, 2.75) is 38.4 Å². The largest absolute Gasteiger partial charge is 0.353 e. The van der Waals surface area contributed by atoms with Crippen LogP contribution >= 0.6 is 11.6 Å². The van der Waals surface area contributed by atoms with E-state index in [4.69, 9.17) is 11.6 Å². The Balaban J connectivity index is 1.46. The van der Waals surface area contributed by atoms with Crippen molar-refractivity contribution in [1.29, 1.82) is 0 Å². The Hall–Kier alpha value is -1.67. The number of amides is 2. The number of halogens is 1. The van der Waals surface area contributed by atoms with Gasteiger partial charge in [0.15, 0.2) is 0 Å². The molecule has 1 aromatic rings. The van der Waals surface area contributed by atoms with Gasteiger partial charge in [-0.2, -0.15) is 0 Å². The third-order valence-electron chi connectivity index (χ3n) is 4.95. The molecule has 0 bridgehead atoms. The number of hydrogen-bond donors (Lipinski definition) is 3. The van der Waals surface area contributed by atoms with Gasteiger partial charge in [-0.25, -0.2) is 10.9 Å². The Morgan fingerprint density at radius 2 is 1.96 bits per heavy atom. The molecule has 1 aromatic carbocycles. The van der Waals surface area contributed by atoms with Crippen LogP contribution < -0.4 is 16.2 Å². The lowest BCUT2D eigenvalue weighted by molar-refractivity contribution is -0.135. The van der Waals surface area contributed by atoms with Gasteiger partial charge in [0.25, 0.3) is 0 Å². The molecule has 2 atom stereocenters. The maximum atomic E-state index is 12.8. The lowest BCUT2D eigenvalue weighted by atomic mass is 10.0. The number of hydrogen-bond acceptors (Lipinski definition) is 5. The molecule has 2 fully saturated rings. The van der Waals surface area contributed by atoms with Gasteiger partial charge in [-0.1, -0.05) is 23.7 Å². The van der Waals surface area contributed by atoms with E-state index in [1.807, 2.05) is 43.0 Å². The van der Waals surface area contributed by atoms with Crippen molar-refractivity contribution in [2.75, 3.05) is 32.7 Å². The van der Waals surface area contributed by atoms with Gasteiger partial charge in [0.05, 0.1) is 6.54 Å². The Kier molecular flexibility index (Phi) is 6.70. The SMILES string of the molecule is CC(C)NC(=O)CN1CCN(C(=O)C2CC(c3cccc(Cl)c3)NN2)CC1. The lowest BCUT2D eigenvalue weighted by Gasteiger charge is -2.35. The van der Waals surface area contributed by atoms with Crippen molar-refractivity contribution in [2.24, 2.45) is 0 Å². The summed E-state index contributed by atoms with van der Waals surface area (Å²) in [7, 11) is 0. The van der Waals surface area contributed by atoms with Crippen molar-refractivity contribution >= 4 is 23.4 Å². The molecule has 3 N–H and O–H groups in total. The maximum absolute atomic E-state index is 12.8. The summed E-state index contributed by atoms with van der Waals surface area (Å²) in [5, 5.41) is 3.60. The zero-order valence-electron chi connectivity index (χ0n) is 15.9. The van der Waals surface area contributed by atoms with Crippen LogP contribution in [0.1, 0.15) is 31.9 Å². The van der Waals surface area contributed by atoms with E-state index in [2.05, 4.69) is 21.1 Å². The fourth-order valence-corrected chi connectivity index (χ4v) is 3.78.